The highest BCUT2D eigenvalue weighted by Crippen LogP contribution is 2.35. The van der Waals surface area contributed by atoms with Gasteiger partial charge in [0.1, 0.15) is 17.6 Å². The van der Waals surface area contributed by atoms with Gasteiger partial charge in [0.25, 0.3) is 0 Å². The topological polar surface area (TPSA) is 38.7 Å². The zero-order chi connectivity index (χ0) is 14.5. The number of halogens is 1. The highest BCUT2D eigenvalue weighted by molar-refractivity contribution is 9.10. The summed E-state index contributed by atoms with van der Waals surface area (Å²) in [7, 11) is 1.59. The van der Waals surface area contributed by atoms with Gasteiger partial charge < -0.3 is 14.6 Å². The second-order valence-electron chi connectivity index (χ2n) is 4.26. The Morgan fingerprint density at radius 1 is 1.10 bits per heavy atom. The molecule has 1 atom stereocenters. The van der Waals surface area contributed by atoms with Crippen molar-refractivity contribution in [2.24, 2.45) is 0 Å². The van der Waals surface area contributed by atoms with Gasteiger partial charge >= 0.3 is 0 Å². The minimum Gasteiger partial charge on any atom is -0.496 e. The molecule has 4 heteroatoms. The summed E-state index contributed by atoms with van der Waals surface area (Å²) in [5.74, 6) is 1.32. The molecule has 2 aromatic carbocycles. The van der Waals surface area contributed by atoms with Crippen LogP contribution in [0.25, 0.3) is 0 Å². The Bertz CT molecular complexity index is 584. The zero-order valence-electron chi connectivity index (χ0n) is 11.5. The molecular weight excluding hydrogens is 320 g/mol. The first-order valence-electron chi connectivity index (χ1n) is 6.40. The Balaban J connectivity index is 2.43. The van der Waals surface area contributed by atoms with Crippen LogP contribution in [0.1, 0.15) is 24.2 Å². The monoisotopic (exact) mass is 336 g/mol. The first kappa shape index (κ1) is 14.9. The van der Waals surface area contributed by atoms with Crippen molar-refractivity contribution in [2.45, 2.75) is 13.0 Å². The van der Waals surface area contributed by atoms with Crippen LogP contribution in [0.15, 0.2) is 46.9 Å². The molecule has 0 aliphatic rings. The number of aliphatic hydroxyl groups is 1. The summed E-state index contributed by atoms with van der Waals surface area (Å²) in [6, 6.07) is 13.0. The highest BCUT2D eigenvalue weighted by Gasteiger charge is 2.19. The van der Waals surface area contributed by atoms with Crippen LogP contribution < -0.4 is 9.47 Å². The molecule has 0 aromatic heterocycles. The minimum absolute atomic E-state index is 0.557. The van der Waals surface area contributed by atoms with Crippen LogP contribution in [0.3, 0.4) is 0 Å². The summed E-state index contributed by atoms with van der Waals surface area (Å²) in [5.41, 5.74) is 1.44. The van der Waals surface area contributed by atoms with Crippen molar-refractivity contribution in [1.29, 1.82) is 0 Å². The Labute approximate surface area is 127 Å². The third kappa shape index (κ3) is 3.14. The summed E-state index contributed by atoms with van der Waals surface area (Å²) in [6.07, 6.45) is -0.791. The van der Waals surface area contributed by atoms with E-state index in [-0.39, 0.29) is 0 Å². The Morgan fingerprint density at radius 2 is 1.80 bits per heavy atom. The van der Waals surface area contributed by atoms with Gasteiger partial charge in [0.2, 0.25) is 0 Å². The normalized spacial score (nSPS) is 12.0. The van der Waals surface area contributed by atoms with Crippen molar-refractivity contribution in [1.82, 2.24) is 0 Å². The number of hydrogen-bond acceptors (Lipinski definition) is 3. The number of ether oxygens (including phenoxy) is 2. The molecule has 0 radical (unpaired) electrons. The molecule has 2 rings (SSSR count). The van der Waals surface area contributed by atoms with Gasteiger partial charge in [-0.15, -0.1) is 0 Å². The average Bonchev–Trinajstić information content (AvgIpc) is 2.47. The van der Waals surface area contributed by atoms with Crippen LogP contribution in [-0.4, -0.2) is 18.8 Å². The van der Waals surface area contributed by atoms with Gasteiger partial charge in [0.05, 0.1) is 13.7 Å². The van der Waals surface area contributed by atoms with E-state index in [1.807, 2.05) is 49.4 Å². The summed E-state index contributed by atoms with van der Waals surface area (Å²) in [4.78, 5) is 0. The lowest BCUT2D eigenvalue weighted by atomic mass is 10.00. The Hall–Kier alpha value is -1.52. The molecule has 0 heterocycles. The number of methoxy groups -OCH3 is 1. The van der Waals surface area contributed by atoms with E-state index in [0.29, 0.717) is 23.7 Å². The lowest BCUT2D eigenvalue weighted by Gasteiger charge is -2.18. The van der Waals surface area contributed by atoms with Crippen LogP contribution in [0, 0.1) is 0 Å². The average molecular weight is 337 g/mol. The second-order valence-corrected chi connectivity index (χ2v) is 5.18. The minimum atomic E-state index is -0.791. The van der Waals surface area contributed by atoms with E-state index in [4.69, 9.17) is 9.47 Å². The Kier molecular flexibility index (Phi) is 5.04. The number of hydrogen-bond donors (Lipinski definition) is 1. The quantitative estimate of drug-likeness (QED) is 0.898. The maximum absolute atomic E-state index is 10.6. The molecule has 0 bridgehead atoms. The maximum Gasteiger partial charge on any atom is 0.126 e. The summed E-state index contributed by atoms with van der Waals surface area (Å²) >= 11 is 3.40. The molecule has 0 saturated carbocycles. The van der Waals surface area contributed by atoms with Crippen LogP contribution in [0.4, 0.5) is 0 Å². The van der Waals surface area contributed by atoms with E-state index >= 15 is 0 Å². The van der Waals surface area contributed by atoms with Crippen LogP contribution >= 0.6 is 15.9 Å². The number of rotatable bonds is 5. The fourth-order valence-corrected chi connectivity index (χ4v) is 2.41. The number of benzene rings is 2. The van der Waals surface area contributed by atoms with E-state index < -0.39 is 6.10 Å². The Morgan fingerprint density at radius 3 is 2.50 bits per heavy atom. The van der Waals surface area contributed by atoms with Gasteiger partial charge in [-0.1, -0.05) is 40.2 Å². The SMILES string of the molecule is CCOc1ccccc1C(O)c1ccc(Br)cc1OC. The van der Waals surface area contributed by atoms with Gasteiger partial charge in [0.15, 0.2) is 0 Å². The van der Waals surface area contributed by atoms with Crippen LogP contribution in [0.5, 0.6) is 11.5 Å². The summed E-state index contributed by atoms with van der Waals surface area (Å²) < 4.78 is 11.8. The predicted octanol–water partition coefficient (Wildman–Crippen LogP) is 3.94. The van der Waals surface area contributed by atoms with Crippen molar-refractivity contribution < 1.29 is 14.6 Å². The molecule has 20 heavy (non-hydrogen) atoms. The van der Waals surface area contributed by atoms with Crippen LogP contribution in [0.2, 0.25) is 0 Å². The van der Waals surface area contributed by atoms with Crippen LogP contribution in [-0.2, 0) is 0 Å². The van der Waals surface area contributed by atoms with E-state index in [1.54, 1.807) is 7.11 Å². The van der Waals surface area contributed by atoms with E-state index in [1.165, 1.54) is 0 Å². The molecule has 3 nitrogen and oxygen atoms in total. The lowest BCUT2D eigenvalue weighted by Crippen LogP contribution is -2.05. The first-order chi connectivity index (χ1) is 9.67. The summed E-state index contributed by atoms with van der Waals surface area (Å²) in [5, 5.41) is 10.6. The molecule has 0 spiro atoms. The van der Waals surface area contributed by atoms with Crippen molar-refractivity contribution in [3.63, 3.8) is 0 Å². The van der Waals surface area contributed by atoms with Crippen molar-refractivity contribution in [2.75, 3.05) is 13.7 Å². The molecule has 106 valence electrons. The fourth-order valence-electron chi connectivity index (χ4n) is 2.07. The van der Waals surface area contributed by atoms with Gasteiger partial charge in [-0.25, -0.2) is 0 Å². The van der Waals surface area contributed by atoms with Gasteiger partial charge in [-0.3, -0.25) is 0 Å². The third-order valence-electron chi connectivity index (χ3n) is 3.00. The zero-order valence-corrected chi connectivity index (χ0v) is 13.1. The number of para-hydroxylation sites is 1. The van der Waals surface area contributed by atoms with E-state index in [9.17, 15) is 5.11 Å². The fraction of sp³-hybridized carbons (Fsp3) is 0.250. The smallest absolute Gasteiger partial charge is 0.126 e. The molecule has 0 amide bonds. The molecule has 0 aliphatic heterocycles. The first-order valence-corrected chi connectivity index (χ1v) is 7.20. The third-order valence-corrected chi connectivity index (χ3v) is 3.50. The molecule has 1 unspecified atom stereocenters. The van der Waals surface area contributed by atoms with E-state index in [0.717, 1.165) is 10.0 Å². The highest BCUT2D eigenvalue weighted by atomic mass is 79.9. The molecule has 0 fully saturated rings. The maximum atomic E-state index is 10.6. The molecule has 0 aliphatic carbocycles. The molecule has 0 saturated heterocycles. The standard InChI is InChI=1S/C16H17BrO3/c1-3-20-14-7-5-4-6-12(14)16(18)13-9-8-11(17)10-15(13)19-2/h4-10,16,18H,3H2,1-2H3. The summed E-state index contributed by atoms with van der Waals surface area (Å²) in [6.45, 7) is 2.48. The van der Waals surface area contributed by atoms with Crippen molar-refractivity contribution >= 4 is 15.9 Å². The predicted molar refractivity (Wildman–Crippen MR) is 82.4 cm³/mol. The molecular formula is C16H17BrO3. The van der Waals surface area contributed by atoms with Crippen molar-refractivity contribution in [3.8, 4) is 11.5 Å². The van der Waals surface area contributed by atoms with Gasteiger partial charge in [-0.2, -0.15) is 0 Å². The molecule has 2 aromatic rings. The second kappa shape index (κ2) is 6.77. The lowest BCUT2D eigenvalue weighted by molar-refractivity contribution is 0.207. The van der Waals surface area contributed by atoms with E-state index in [2.05, 4.69) is 15.9 Å². The van der Waals surface area contributed by atoms with Gasteiger partial charge in [0, 0.05) is 15.6 Å². The number of aliphatic hydroxyl groups excluding tert-OH is 1. The van der Waals surface area contributed by atoms with Crippen molar-refractivity contribution in [3.05, 3.63) is 58.1 Å². The van der Waals surface area contributed by atoms with Gasteiger partial charge in [-0.05, 0) is 25.1 Å². The molecule has 1 N–H and O–H groups in total. The largest absolute Gasteiger partial charge is 0.496 e.